The highest BCUT2D eigenvalue weighted by molar-refractivity contribution is 5.91. The molecule has 2 N–H and O–H groups in total. The molecule has 0 heterocycles. The fraction of sp³-hybridized carbons (Fsp3) is 0.0714. The maximum atomic E-state index is 13.4. The minimum atomic E-state index is -1.20. The van der Waals surface area contributed by atoms with Gasteiger partial charge in [0.2, 0.25) is 0 Å². The second kappa shape index (κ2) is 4.49. The zero-order valence-corrected chi connectivity index (χ0v) is 9.64. The van der Waals surface area contributed by atoms with E-state index in [4.69, 9.17) is 5.11 Å². The van der Waals surface area contributed by atoms with Gasteiger partial charge in [0.1, 0.15) is 17.1 Å². The van der Waals surface area contributed by atoms with Crippen LogP contribution in [0.4, 0.5) is 4.39 Å². The highest BCUT2D eigenvalue weighted by Crippen LogP contribution is 2.29. The molecule has 0 saturated heterocycles. The van der Waals surface area contributed by atoms with E-state index in [9.17, 15) is 14.3 Å². The van der Waals surface area contributed by atoms with Gasteiger partial charge in [-0.2, -0.15) is 0 Å². The molecule has 0 bridgehead atoms. The van der Waals surface area contributed by atoms with Gasteiger partial charge >= 0.3 is 5.97 Å². The third kappa shape index (κ3) is 2.05. The Morgan fingerprint density at radius 2 is 1.94 bits per heavy atom. The zero-order chi connectivity index (χ0) is 13.3. The van der Waals surface area contributed by atoms with Gasteiger partial charge in [-0.15, -0.1) is 0 Å². The van der Waals surface area contributed by atoms with Gasteiger partial charge < -0.3 is 10.2 Å². The van der Waals surface area contributed by atoms with Crippen molar-refractivity contribution in [1.29, 1.82) is 0 Å². The van der Waals surface area contributed by atoms with E-state index in [1.54, 1.807) is 25.1 Å². The van der Waals surface area contributed by atoms with E-state index in [1.807, 2.05) is 0 Å². The molecule has 0 radical (unpaired) electrons. The number of carboxylic acid groups (broad SMARTS) is 1. The first kappa shape index (κ1) is 12.1. The first-order valence-electron chi connectivity index (χ1n) is 5.32. The van der Waals surface area contributed by atoms with Gasteiger partial charge in [0, 0.05) is 0 Å². The maximum Gasteiger partial charge on any atom is 0.339 e. The van der Waals surface area contributed by atoms with Gasteiger partial charge in [-0.05, 0) is 41.8 Å². The summed E-state index contributed by atoms with van der Waals surface area (Å²) in [5.74, 6) is -1.87. The number of benzene rings is 2. The minimum absolute atomic E-state index is 0.173. The van der Waals surface area contributed by atoms with E-state index in [-0.39, 0.29) is 17.1 Å². The lowest BCUT2D eigenvalue weighted by molar-refractivity contribution is 0.0694. The summed E-state index contributed by atoms with van der Waals surface area (Å²) in [6, 6.07) is 8.81. The fourth-order valence-electron chi connectivity index (χ4n) is 1.80. The van der Waals surface area contributed by atoms with E-state index < -0.39 is 5.97 Å². The molecule has 92 valence electrons. The normalized spacial score (nSPS) is 10.3. The number of rotatable bonds is 2. The molecule has 2 rings (SSSR count). The fourth-order valence-corrected chi connectivity index (χ4v) is 1.80. The number of hydrogen-bond acceptors (Lipinski definition) is 2. The van der Waals surface area contributed by atoms with Crippen LogP contribution in [0.3, 0.4) is 0 Å². The average molecular weight is 246 g/mol. The van der Waals surface area contributed by atoms with Gasteiger partial charge in [-0.1, -0.05) is 18.2 Å². The highest BCUT2D eigenvalue weighted by atomic mass is 19.1. The lowest BCUT2D eigenvalue weighted by Crippen LogP contribution is -1.97. The topological polar surface area (TPSA) is 57.5 Å². The third-order valence-corrected chi connectivity index (χ3v) is 2.81. The molecular weight excluding hydrogens is 235 g/mol. The Morgan fingerprint density at radius 1 is 1.22 bits per heavy atom. The quantitative estimate of drug-likeness (QED) is 0.855. The molecule has 18 heavy (non-hydrogen) atoms. The van der Waals surface area contributed by atoms with Crippen molar-refractivity contribution in [2.45, 2.75) is 6.92 Å². The molecule has 0 fully saturated rings. The molecule has 0 atom stereocenters. The van der Waals surface area contributed by atoms with Crippen LogP contribution < -0.4 is 0 Å². The Bertz CT molecular complexity index is 620. The summed E-state index contributed by atoms with van der Waals surface area (Å²) in [6.07, 6.45) is 0. The molecule has 4 heteroatoms. The van der Waals surface area contributed by atoms with Crippen molar-refractivity contribution in [2.24, 2.45) is 0 Å². The first-order chi connectivity index (χ1) is 8.50. The van der Waals surface area contributed by atoms with Crippen LogP contribution >= 0.6 is 0 Å². The van der Waals surface area contributed by atoms with Crippen LogP contribution in [0.25, 0.3) is 11.1 Å². The summed E-state index contributed by atoms with van der Waals surface area (Å²) in [6.45, 7) is 1.63. The minimum Gasteiger partial charge on any atom is -0.507 e. The van der Waals surface area contributed by atoms with Crippen LogP contribution in [0.1, 0.15) is 15.9 Å². The average Bonchev–Trinajstić information content (AvgIpc) is 2.32. The van der Waals surface area contributed by atoms with Crippen LogP contribution in [-0.2, 0) is 0 Å². The summed E-state index contributed by atoms with van der Waals surface area (Å²) < 4.78 is 13.4. The van der Waals surface area contributed by atoms with Gasteiger partial charge in [0.25, 0.3) is 0 Å². The second-order valence-corrected chi connectivity index (χ2v) is 3.95. The van der Waals surface area contributed by atoms with Gasteiger partial charge in [-0.3, -0.25) is 0 Å². The van der Waals surface area contributed by atoms with Crippen LogP contribution in [-0.4, -0.2) is 16.2 Å². The third-order valence-electron chi connectivity index (χ3n) is 2.81. The van der Waals surface area contributed by atoms with Crippen LogP contribution in [0, 0.1) is 12.7 Å². The Balaban J connectivity index is 2.56. The Hall–Kier alpha value is -2.36. The number of hydrogen-bond donors (Lipinski definition) is 2. The standard InChI is InChI=1S/C14H11FO3/c1-8-10(3-2-4-12(8)15)9-5-6-11(14(17)18)13(16)7-9/h2-7,16H,1H3,(H,17,18). The smallest absolute Gasteiger partial charge is 0.339 e. The molecule has 2 aromatic carbocycles. The monoisotopic (exact) mass is 246 g/mol. The number of halogens is 1. The van der Waals surface area contributed by atoms with E-state index in [1.165, 1.54) is 18.2 Å². The summed E-state index contributed by atoms with van der Waals surface area (Å²) in [4.78, 5) is 10.8. The molecule has 0 unspecified atom stereocenters. The van der Waals surface area contributed by atoms with Gasteiger partial charge in [-0.25, -0.2) is 9.18 Å². The van der Waals surface area contributed by atoms with Crippen molar-refractivity contribution < 1.29 is 19.4 Å². The molecule has 2 aromatic rings. The summed E-state index contributed by atoms with van der Waals surface area (Å²) in [7, 11) is 0. The number of phenols is 1. The number of aromatic carboxylic acids is 1. The lowest BCUT2D eigenvalue weighted by Gasteiger charge is -2.08. The van der Waals surface area contributed by atoms with E-state index in [0.717, 1.165) is 0 Å². The summed E-state index contributed by atoms with van der Waals surface area (Å²) in [5, 5.41) is 18.4. The lowest BCUT2D eigenvalue weighted by atomic mass is 9.98. The SMILES string of the molecule is Cc1c(F)cccc1-c1ccc(C(=O)O)c(O)c1. The summed E-state index contributed by atoms with van der Waals surface area (Å²) >= 11 is 0. The van der Waals surface area contributed by atoms with E-state index >= 15 is 0 Å². The Kier molecular flexibility index (Phi) is 3.02. The molecule has 0 saturated carbocycles. The van der Waals surface area contributed by atoms with Crippen LogP contribution in [0.5, 0.6) is 5.75 Å². The van der Waals surface area contributed by atoms with E-state index in [0.29, 0.717) is 16.7 Å². The van der Waals surface area contributed by atoms with Gasteiger partial charge in [0.15, 0.2) is 0 Å². The van der Waals surface area contributed by atoms with Crippen molar-refractivity contribution in [3.05, 3.63) is 53.3 Å². The zero-order valence-electron chi connectivity index (χ0n) is 9.64. The molecule has 0 aromatic heterocycles. The van der Waals surface area contributed by atoms with Crippen molar-refractivity contribution in [1.82, 2.24) is 0 Å². The van der Waals surface area contributed by atoms with Crippen molar-refractivity contribution in [3.63, 3.8) is 0 Å². The summed E-state index contributed by atoms with van der Waals surface area (Å²) in [5.41, 5.74) is 1.49. The molecular formula is C14H11FO3. The Morgan fingerprint density at radius 3 is 2.56 bits per heavy atom. The number of carboxylic acids is 1. The maximum absolute atomic E-state index is 13.4. The second-order valence-electron chi connectivity index (χ2n) is 3.95. The van der Waals surface area contributed by atoms with E-state index in [2.05, 4.69) is 0 Å². The highest BCUT2D eigenvalue weighted by Gasteiger charge is 2.12. The molecule has 3 nitrogen and oxygen atoms in total. The Labute approximate surface area is 103 Å². The predicted molar refractivity (Wildman–Crippen MR) is 65.2 cm³/mol. The number of aromatic hydroxyl groups is 1. The molecule has 0 aliphatic rings. The molecule has 0 spiro atoms. The largest absolute Gasteiger partial charge is 0.507 e. The molecule has 0 aliphatic heterocycles. The first-order valence-corrected chi connectivity index (χ1v) is 5.32. The predicted octanol–water partition coefficient (Wildman–Crippen LogP) is 3.20. The molecule has 0 amide bonds. The molecule has 0 aliphatic carbocycles. The van der Waals surface area contributed by atoms with Crippen molar-refractivity contribution in [3.8, 4) is 16.9 Å². The van der Waals surface area contributed by atoms with Crippen LogP contribution in [0.15, 0.2) is 36.4 Å². The van der Waals surface area contributed by atoms with Gasteiger partial charge in [0.05, 0.1) is 0 Å². The van der Waals surface area contributed by atoms with Crippen molar-refractivity contribution >= 4 is 5.97 Å². The van der Waals surface area contributed by atoms with Crippen molar-refractivity contribution in [2.75, 3.05) is 0 Å². The van der Waals surface area contributed by atoms with Crippen LogP contribution in [0.2, 0.25) is 0 Å². The number of carbonyl (C=O) groups is 1.